The molecule has 1 aliphatic heterocycles. The highest BCUT2D eigenvalue weighted by atomic mass is 32.2. The molecule has 1 aliphatic rings. The summed E-state index contributed by atoms with van der Waals surface area (Å²) in [5.41, 5.74) is 0.830. The maximum absolute atomic E-state index is 12.3. The van der Waals surface area contributed by atoms with E-state index < -0.39 is 5.97 Å². The van der Waals surface area contributed by atoms with Crippen LogP contribution in [0.1, 0.15) is 12.8 Å². The first kappa shape index (κ1) is 19.6. The lowest BCUT2D eigenvalue weighted by molar-refractivity contribution is -0.141. The van der Waals surface area contributed by atoms with Gasteiger partial charge in [0.05, 0.1) is 28.8 Å². The highest BCUT2D eigenvalue weighted by Gasteiger charge is 2.18. The van der Waals surface area contributed by atoms with Crippen molar-refractivity contribution in [2.24, 2.45) is 4.99 Å². The molecule has 3 rings (SSSR count). The minimum absolute atomic E-state index is 0.00673. The van der Waals surface area contributed by atoms with Crippen molar-refractivity contribution in [3.8, 4) is 0 Å². The van der Waals surface area contributed by atoms with Crippen LogP contribution in [-0.4, -0.2) is 59.0 Å². The molecule has 0 atom stereocenters. The molecule has 27 heavy (non-hydrogen) atoms. The van der Waals surface area contributed by atoms with E-state index in [1.807, 2.05) is 29.2 Å². The van der Waals surface area contributed by atoms with Crippen LogP contribution in [0.4, 0.5) is 0 Å². The predicted octanol–water partition coefficient (Wildman–Crippen LogP) is 1.66. The molecule has 0 saturated carbocycles. The van der Waals surface area contributed by atoms with Gasteiger partial charge in [-0.15, -0.1) is 11.8 Å². The van der Waals surface area contributed by atoms with E-state index in [1.54, 1.807) is 4.57 Å². The molecular weight excluding hydrogens is 386 g/mol. The Labute approximate surface area is 165 Å². The van der Waals surface area contributed by atoms with Gasteiger partial charge in [-0.05, 0) is 25.0 Å². The van der Waals surface area contributed by atoms with Crippen molar-refractivity contribution in [2.75, 3.05) is 31.7 Å². The van der Waals surface area contributed by atoms with Crippen LogP contribution in [0.15, 0.2) is 29.3 Å². The third kappa shape index (κ3) is 4.98. The topological polar surface area (TPSA) is 81.0 Å². The summed E-state index contributed by atoms with van der Waals surface area (Å²) in [7, 11) is 1.33. The van der Waals surface area contributed by atoms with Crippen molar-refractivity contribution in [1.82, 2.24) is 9.47 Å². The number of aromatic nitrogens is 1. The number of methoxy groups -OCH3 is 1. The van der Waals surface area contributed by atoms with E-state index in [0.29, 0.717) is 4.80 Å². The zero-order valence-electron chi connectivity index (χ0n) is 15.1. The van der Waals surface area contributed by atoms with E-state index in [9.17, 15) is 14.4 Å². The van der Waals surface area contributed by atoms with E-state index >= 15 is 0 Å². The number of thiazole rings is 1. The van der Waals surface area contributed by atoms with Gasteiger partial charge in [0.15, 0.2) is 4.80 Å². The Bertz CT molecular complexity index is 913. The van der Waals surface area contributed by atoms with Crippen molar-refractivity contribution in [1.29, 1.82) is 0 Å². The molecule has 1 fully saturated rings. The largest absolute Gasteiger partial charge is 0.468 e. The van der Waals surface area contributed by atoms with Crippen LogP contribution < -0.4 is 4.80 Å². The number of fused-ring (bicyclic) bond motifs is 1. The van der Waals surface area contributed by atoms with Gasteiger partial charge in [0, 0.05) is 13.1 Å². The molecule has 9 heteroatoms. The molecule has 0 aliphatic carbocycles. The van der Waals surface area contributed by atoms with Crippen LogP contribution in [-0.2, 0) is 25.7 Å². The number of benzene rings is 1. The van der Waals surface area contributed by atoms with E-state index in [0.717, 1.165) is 36.1 Å². The minimum atomic E-state index is -0.405. The van der Waals surface area contributed by atoms with Crippen LogP contribution >= 0.6 is 23.1 Å². The Morgan fingerprint density at radius 3 is 2.67 bits per heavy atom. The standard InChI is InChI=1S/C18H21N3O4S2/c1-25-17(24)10-21-13-6-2-3-7-14(13)27-18(21)19-15(22)11-26-12-16(23)20-8-4-5-9-20/h2-3,6-7H,4-5,8-12H2,1H3. The first-order valence-corrected chi connectivity index (χ1v) is 10.6. The number of carbonyl (C=O) groups excluding carboxylic acids is 3. The quantitative estimate of drug-likeness (QED) is 0.681. The van der Waals surface area contributed by atoms with Crippen LogP contribution in [0.25, 0.3) is 10.2 Å². The fraction of sp³-hybridized carbons (Fsp3) is 0.444. The summed E-state index contributed by atoms with van der Waals surface area (Å²) in [4.78, 5) is 42.5. The number of likely N-dealkylation sites (tertiary alicyclic amines) is 1. The summed E-state index contributed by atoms with van der Waals surface area (Å²) in [6.07, 6.45) is 2.10. The molecule has 2 amide bonds. The lowest BCUT2D eigenvalue weighted by atomic mass is 10.3. The summed E-state index contributed by atoms with van der Waals surface area (Å²) in [5.74, 6) is -0.229. The van der Waals surface area contributed by atoms with Crippen LogP contribution in [0.5, 0.6) is 0 Å². The van der Waals surface area contributed by atoms with E-state index in [1.165, 1.54) is 30.2 Å². The number of hydrogen-bond donors (Lipinski definition) is 0. The molecule has 0 N–H and O–H groups in total. The van der Waals surface area contributed by atoms with Gasteiger partial charge >= 0.3 is 5.97 Å². The maximum atomic E-state index is 12.3. The van der Waals surface area contributed by atoms with E-state index in [-0.39, 0.29) is 29.9 Å². The number of nitrogens with zero attached hydrogens (tertiary/aromatic N) is 3. The molecule has 2 aromatic rings. The molecule has 1 aromatic heterocycles. The SMILES string of the molecule is COC(=O)Cn1c(=NC(=O)CSCC(=O)N2CCCC2)sc2ccccc21. The second-order valence-corrected chi connectivity index (χ2v) is 8.10. The number of carbonyl (C=O) groups is 3. The van der Waals surface area contributed by atoms with Gasteiger partial charge in [-0.2, -0.15) is 4.99 Å². The summed E-state index contributed by atoms with van der Waals surface area (Å²) >= 11 is 2.62. The molecule has 0 radical (unpaired) electrons. The first-order chi connectivity index (χ1) is 13.1. The first-order valence-electron chi connectivity index (χ1n) is 8.67. The second kappa shape index (κ2) is 9.18. The zero-order chi connectivity index (χ0) is 19.2. The summed E-state index contributed by atoms with van der Waals surface area (Å²) in [5, 5.41) is 0. The normalized spacial score (nSPS) is 14.7. The number of thioether (sulfide) groups is 1. The fourth-order valence-corrected chi connectivity index (χ4v) is 4.62. The average Bonchev–Trinajstić information content (AvgIpc) is 3.30. The van der Waals surface area contributed by atoms with Crippen molar-refractivity contribution in [3.05, 3.63) is 29.1 Å². The van der Waals surface area contributed by atoms with Gasteiger partial charge in [0.2, 0.25) is 5.91 Å². The van der Waals surface area contributed by atoms with Gasteiger partial charge in [0.25, 0.3) is 5.91 Å². The summed E-state index contributed by atoms with van der Waals surface area (Å²) in [6, 6.07) is 7.56. The van der Waals surface area contributed by atoms with Crippen molar-refractivity contribution < 1.29 is 19.1 Å². The third-order valence-corrected chi connectivity index (χ3v) is 6.19. The fourth-order valence-electron chi connectivity index (χ4n) is 2.87. The lowest BCUT2D eigenvalue weighted by Crippen LogP contribution is -2.29. The molecule has 1 saturated heterocycles. The summed E-state index contributed by atoms with van der Waals surface area (Å²) in [6.45, 7) is 1.62. The average molecular weight is 408 g/mol. The molecule has 1 aromatic carbocycles. The van der Waals surface area contributed by atoms with Crippen molar-refractivity contribution >= 4 is 51.1 Å². The van der Waals surface area contributed by atoms with Gasteiger partial charge in [-0.25, -0.2) is 0 Å². The van der Waals surface area contributed by atoms with Gasteiger partial charge in [-0.1, -0.05) is 23.5 Å². The van der Waals surface area contributed by atoms with Crippen LogP contribution in [0.2, 0.25) is 0 Å². The third-order valence-electron chi connectivity index (χ3n) is 4.23. The molecule has 7 nitrogen and oxygen atoms in total. The Morgan fingerprint density at radius 2 is 1.93 bits per heavy atom. The van der Waals surface area contributed by atoms with Gasteiger partial charge in [0.1, 0.15) is 6.54 Å². The number of hydrogen-bond acceptors (Lipinski definition) is 6. The maximum Gasteiger partial charge on any atom is 0.325 e. The molecule has 0 bridgehead atoms. The smallest absolute Gasteiger partial charge is 0.325 e. The van der Waals surface area contributed by atoms with Gasteiger partial charge < -0.3 is 14.2 Å². The molecule has 0 unspecified atom stereocenters. The molecule has 2 heterocycles. The van der Waals surface area contributed by atoms with Crippen molar-refractivity contribution in [2.45, 2.75) is 19.4 Å². The zero-order valence-corrected chi connectivity index (χ0v) is 16.7. The number of esters is 1. The predicted molar refractivity (Wildman–Crippen MR) is 106 cm³/mol. The summed E-state index contributed by atoms with van der Waals surface area (Å²) < 4.78 is 7.36. The Kier molecular flexibility index (Phi) is 6.68. The monoisotopic (exact) mass is 407 g/mol. The molecular formula is C18H21N3O4S2. The minimum Gasteiger partial charge on any atom is -0.468 e. The van der Waals surface area contributed by atoms with Crippen LogP contribution in [0, 0.1) is 0 Å². The highest BCUT2D eigenvalue weighted by Crippen LogP contribution is 2.17. The lowest BCUT2D eigenvalue weighted by Gasteiger charge is -2.14. The number of ether oxygens (including phenoxy) is 1. The van der Waals surface area contributed by atoms with Crippen molar-refractivity contribution in [3.63, 3.8) is 0 Å². The highest BCUT2D eigenvalue weighted by molar-refractivity contribution is 8.00. The second-order valence-electron chi connectivity index (χ2n) is 6.10. The van der Waals surface area contributed by atoms with E-state index in [4.69, 9.17) is 4.74 Å². The van der Waals surface area contributed by atoms with E-state index in [2.05, 4.69) is 4.99 Å². The number of amides is 2. The Balaban J connectivity index is 1.70. The number of para-hydroxylation sites is 1. The van der Waals surface area contributed by atoms with Crippen LogP contribution in [0.3, 0.4) is 0 Å². The van der Waals surface area contributed by atoms with Gasteiger partial charge in [-0.3, -0.25) is 14.4 Å². The molecule has 144 valence electrons. The Hall–Kier alpha value is -2.13. The number of rotatable bonds is 6. The molecule has 0 spiro atoms. The Morgan fingerprint density at radius 1 is 1.19 bits per heavy atom.